The van der Waals surface area contributed by atoms with Crippen molar-refractivity contribution in [3.63, 3.8) is 0 Å². The molecule has 4 heteroatoms. The zero-order chi connectivity index (χ0) is 15.5. The van der Waals surface area contributed by atoms with E-state index in [1.807, 2.05) is 40.7 Å². The maximum Gasteiger partial charge on any atom is 0.254 e. The molecule has 0 radical (unpaired) electrons. The minimum absolute atomic E-state index is 0.0522. The zero-order valence-electron chi connectivity index (χ0n) is 12.9. The highest BCUT2D eigenvalue weighted by molar-refractivity contribution is 6.29. The van der Waals surface area contributed by atoms with Crippen molar-refractivity contribution >= 4 is 17.5 Å². The van der Waals surface area contributed by atoms with Gasteiger partial charge in [0, 0.05) is 23.3 Å². The number of hydrogen-bond donors (Lipinski definition) is 0. The number of aromatic nitrogens is 1. The van der Waals surface area contributed by atoms with Crippen LogP contribution in [0, 0.1) is 0 Å². The fourth-order valence-corrected chi connectivity index (χ4v) is 2.10. The Morgan fingerprint density at radius 3 is 2.50 bits per heavy atom. The van der Waals surface area contributed by atoms with Crippen molar-refractivity contribution in [1.29, 1.82) is 0 Å². The normalized spacial score (nSPS) is 11.6. The number of pyridine rings is 1. The van der Waals surface area contributed by atoms with Crippen molar-refractivity contribution in [2.45, 2.75) is 46.1 Å². The Labute approximate surface area is 126 Å². The van der Waals surface area contributed by atoms with E-state index in [4.69, 9.17) is 11.6 Å². The molecule has 1 heterocycles. The molecular weight excluding hydrogens is 272 g/mol. The monoisotopic (exact) mass is 294 g/mol. The Bertz CT molecular complexity index is 504. The van der Waals surface area contributed by atoms with Crippen molar-refractivity contribution in [1.82, 2.24) is 9.88 Å². The van der Waals surface area contributed by atoms with Crippen LogP contribution in [0.15, 0.2) is 24.8 Å². The van der Waals surface area contributed by atoms with Gasteiger partial charge in [-0.15, -0.1) is 6.58 Å². The van der Waals surface area contributed by atoms with Gasteiger partial charge in [0.2, 0.25) is 0 Å². The largest absolute Gasteiger partial charge is 0.330 e. The summed E-state index contributed by atoms with van der Waals surface area (Å²) in [6.07, 6.45) is 1.73. The molecule has 0 N–H and O–H groups in total. The number of rotatable bonds is 4. The van der Waals surface area contributed by atoms with Crippen LogP contribution in [0.5, 0.6) is 0 Å². The van der Waals surface area contributed by atoms with Gasteiger partial charge in [-0.1, -0.05) is 31.5 Å². The highest BCUT2D eigenvalue weighted by atomic mass is 35.5. The molecule has 0 saturated carbocycles. The molecular formula is C16H23ClN2O. The molecule has 0 atom stereocenters. The Morgan fingerprint density at radius 2 is 2.05 bits per heavy atom. The summed E-state index contributed by atoms with van der Waals surface area (Å²) in [6, 6.07) is 3.44. The maximum atomic E-state index is 12.7. The van der Waals surface area contributed by atoms with Gasteiger partial charge >= 0.3 is 0 Å². The quantitative estimate of drug-likeness (QED) is 0.613. The first-order valence-corrected chi connectivity index (χ1v) is 7.15. The second-order valence-electron chi connectivity index (χ2n) is 6.13. The summed E-state index contributed by atoms with van der Waals surface area (Å²) in [4.78, 5) is 18.7. The van der Waals surface area contributed by atoms with Gasteiger partial charge in [0.15, 0.2) is 0 Å². The van der Waals surface area contributed by atoms with E-state index in [1.54, 1.807) is 17.0 Å². The molecule has 110 valence electrons. The first-order valence-electron chi connectivity index (χ1n) is 6.77. The first-order chi connectivity index (χ1) is 9.16. The molecule has 0 aliphatic heterocycles. The summed E-state index contributed by atoms with van der Waals surface area (Å²) in [5, 5.41) is 0.354. The van der Waals surface area contributed by atoms with Crippen molar-refractivity contribution in [2.24, 2.45) is 0 Å². The first kappa shape index (κ1) is 16.7. The number of carbonyl (C=O) groups is 1. The van der Waals surface area contributed by atoms with Crippen LogP contribution in [-0.4, -0.2) is 27.9 Å². The number of halogens is 1. The van der Waals surface area contributed by atoms with Gasteiger partial charge in [-0.2, -0.15) is 0 Å². The van der Waals surface area contributed by atoms with E-state index in [-0.39, 0.29) is 17.4 Å². The van der Waals surface area contributed by atoms with Crippen LogP contribution < -0.4 is 0 Å². The number of amides is 1. The second-order valence-corrected chi connectivity index (χ2v) is 6.52. The highest BCUT2D eigenvalue weighted by Gasteiger charge is 2.27. The molecule has 3 nitrogen and oxygen atoms in total. The van der Waals surface area contributed by atoms with Gasteiger partial charge in [0.25, 0.3) is 5.91 Å². The van der Waals surface area contributed by atoms with Gasteiger partial charge in [0.1, 0.15) is 5.15 Å². The van der Waals surface area contributed by atoms with Crippen LogP contribution in [0.2, 0.25) is 5.15 Å². The van der Waals surface area contributed by atoms with Crippen molar-refractivity contribution in [2.75, 3.05) is 6.54 Å². The molecule has 0 aliphatic carbocycles. The minimum Gasteiger partial charge on any atom is -0.330 e. The summed E-state index contributed by atoms with van der Waals surface area (Å²) >= 11 is 6.03. The molecule has 0 saturated heterocycles. The molecule has 1 rings (SSSR count). The molecule has 0 bridgehead atoms. The predicted octanol–water partition coefficient (Wildman–Crippen LogP) is 4.29. The fraction of sp³-hybridized carbons (Fsp3) is 0.500. The molecule has 1 aromatic rings. The second kappa shape index (κ2) is 6.40. The van der Waals surface area contributed by atoms with Crippen LogP contribution in [0.25, 0.3) is 0 Å². The summed E-state index contributed by atoms with van der Waals surface area (Å²) in [5.74, 6) is 0.173. The van der Waals surface area contributed by atoms with Crippen LogP contribution in [0.3, 0.4) is 0 Å². The molecule has 0 fully saturated rings. The lowest BCUT2D eigenvalue weighted by Crippen LogP contribution is -2.45. The Hall–Kier alpha value is -1.35. The molecule has 1 amide bonds. The SMILES string of the molecule is C=CCN(C(=O)c1cc(Cl)nc(C(C)C)c1)C(C)(C)C. The Morgan fingerprint density at radius 1 is 1.45 bits per heavy atom. The van der Waals surface area contributed by atoms with E-state index in [2.05, 4.69) is 11.6 Å². The third-order valence-corrected chi connectivity index (χ3v) is 3.21. The number of hydrogen-bond acceptors (Lipinski definition) is 2. The van der Waals surface area contributed by atoms with E-state index >= 15 is 0 Å². The van der Waals surface area contributed by atoms with E-state index in [9.17, 15) is 4.79 Å². The van der Waals surface area contributed by atoms with Crippen molar-refractivity contribution in [3.05, 3.63) is 41.2 Å². The summed E-state index contributed by atoms with van der Waals surface area (Å²) in [7, 11) is 0. The molecule has 0 unspecified atom stereocenters. The van der Waals surface area contributed by atoms with Crippen molar-refractivity contribution < 1.29 is 4.79 Å². The standard InChI is InChI=1S/C16H23ClN2O/c1-7-8-19(16(4,5)6)15(20)12-9-13(11(2)3)18-14(17)10-12/h7,9-11H,1,8H2,2-6H3. The topological polar surface area (TPSA) is 33.2 Å². The van der Waals surface area contributed by atoms with Gasteiger partial charge in [-0.3, -0.25) is 4.79 Å². The van der Waals surface area contributed by atoms with Gasteiger partial charge in [-0.05, 0) is 38.8 Å². The Balaban J connectivity index is 3.21. The average Bonchev–Trinajstić information content (AvgIpc) is 2.32. The highest BCUT2D eigenvalue weighted by Crippen LogP contribution is 2.22. The lowest BCUT2D eigenvalue weighted by atomic mass is 10.0. The third kappa shape index (κ3) is 4.07. The maximum absolute atomic E-state index is 12.7. The number of nitrogens with zero attached hydrogens (tertiary/aromatic N) is 2. The van der Waals surface area contributed by atoms with E-state index in [0.717, 1.165) is 5.69 Å². The smallest absolute Gasteiger partial charge is 0.254 e. The van der Waals surface area contributed by atoms with E-state index in [1.165, 1.54) is 0 Å². The molecule has 20 heavy (non-hydrogen) atoms. The number of carbonyl (C=O) groups excluding carboxylic acids is 1. The predicted molar refractivity (Wildman–Crippen MR) is 84.3 cm³/mol. The lowest BCUT2D eigenvalue weighted by Gasteiger charge is -2.35. The van der Waals surface area contributed by atoms with Crippen LogP contribution in [0.4, 0.5) is 0 Å². The van der Waals surface area contributed by atoms with Crippen LogP contribution >= 0.6 is 11.6 Å². The third-order valence-electron chi connectivity index (χ3n) is 3.02. The zero-order valence-corrected chi connectivity index (χ0v) is 13.7. The van der Waals surface area contributed by atoms with Gasteiger partial charge in [-0.25, -0.2) is 4.98 Å². The van der Waals surface area contributed by atoms with E-state index < -0.39 is 0 Å². The summed E-state index contributed by atoms with van der Waals surface area (Å²) in [5.41, 5.74) is 1.12. The summed E-state index contributed by atoms with van der Waals surface area (Å²) < 4.78 is 0. The van der Waals surface area contributed by atoms with Crippen LogP contribution in [-0.2, 0) is 0 Å². The van der Waals surface area contributed by atoms with Crippen molar-refractivity contribution in [3.8, 4) is 0 Å². The average molecular weight is 295 g/mol. The van der Waals surface area contributed by atoms with Crippen LogP contribution in [0.1, 0.15) is 56.6 Å². The molecule has 0 aliphatic rings. The fourth-order valence-electron chi connectivity index (χ4n) is 1.88. The van der Waals surface area contributed by atoms with E-state index in [0.29, 0.717) is 17.3 Å². The minimum atomic E-state index is -0.279. The molecule has 1 aromatic heterocycles. The lowest BCUT2D eigenvalue weighted by molar-refractivity contribution is 0.0616. The molecule has 0 spiro atoms. The van der Waals surface area contributed by atoms with Gasteiger partial charge in [0.05, 0.1) is 0 Å². The van der Waals surface area contributed by atoms with Gasteiger partial charge < -0.3 is 4.90 Å². The molecule has 0 aromatic carbocycles. The Kier molecular flexibility index (Phi) is 5.35. The summed E-state index contributed by atoms with van der Waals surface area (Å²) in [6.45, 7) is 14.3.